The van der Waals surface area contributed by atoms with Gasteiger partial charge >= 0.3 is 0 Å². The fourth-order valence-corrected chi connectivity index (χ4v) is 2.50. The number of rotatable bonds is 4. The van der Waals surface area contributed by atoms with Crippen LogP contribution >= 0.6 is 0 Å². The topological polar surface area (TPSA) is 96.0 Å². The summed E-state index contributed by atoms with van der Waals surface area (Å²) in [5.41, 5.74) is 7.29. The van der Waals surface area contributed by atoms with E-state index in [9.17, 15) is 8.42 Å². The minimum atomic E-state index is -3.04. The number of hydrogen-bond acceptors (Lipinski definition) is 5. The van der Waals surface area contributed by atoms with Gasteiger partial charge in [0.05, 0.1) is 28.8 Å². The summed E-state index contributed by atoms with van der Waals surface area (Å²) in [5.74, 6) is 0.0171. The Bertz CT molecular complexity index is 546. The van der Waals surface area contributed by atoms with Crippen molar-refractivity contribution in [3.8, 4) is 6.07 Å². The average Bonchev–Trinajstić information content (AvgIpc) is 2.18. The van der Waals surface area contributed by atoms with E-state index in [1.165, 1.54) is 6.26 Å². The van der Waals surface area contributed by atoms with Crippen LogP contribution in [0, 0.1) is 11.3 Å². The summed E-state index contributed by atoms with van der Waals surface area (Å²) < 4.78 is 22.2. The normalized spacial score (nSPS) is 12.8. The Morgan fingerprint density at radius 1 is 1.53 bits per heavy atom. The molecule has 0 saturated carbocycles. The van der Waals surface area contributed by atoms with Gasteiger partial charge in [0.2, 0.25) is 0 Å². The van der Waals surface area contributed by atoms with E-state index >= 15 is 0 Å². The summed E-state index contributed by atoms with van der Waals surface area (Å²) in [7, 11) is -3.04. The number of nitrogens with two attached hydrogens (primary N) is 1. The highest BCUT2D eigenvalue weighted by molar-refractivity contribution is 7.90. The van der Waals surface area contributed by atoms with Gasteiger partial charge in [-0.1, -0.05) is 0 Å². The Hall–Kier alpha value is -1.74. The Labute approximate surface area is 101 Å². The van der Waals surface area contributed by atoms with Gasteiger partial charge in [-0.3, -0.25) is 0 Å². The highest BCUT2D eigenvalue weighted by Crippen LogP contribution is 2.20. The molecule has 0 aliphatic carbocycles. The van der Waals surface area contributed by atoms with Crippen molar-refractivity contribution in [2.24, 2.45) is 0 Å². The van der Waals surface area contributed by atoms with Crippen LogP contribution in [0.2, 0.25) is 0 Å². The number of nitrogens with zero attached hydrogens (tertiary/aromatic N) is 1. The molecule has 0 bridgehead atoms. The Kier molecular flexibility index (Phi) is 3.97. The Morgan fingerprint density at radius 2 is 2.18 bits per heavy atom. The van der Waals surface area contributed by atoms with E-state index in [0.29, 0.717) is 16.9 Å². The number of nitrogens with one attached hydrogen (secondary N) is 1. The van der Waals surface area contributed by atoms with Crippen LogP contribution in [0.4, 0.5) is 11.4 Å². The second kappa shape index (κ2) is 5.06. The van der Waals surface area contributed by atoms with Gasteiger partial charge in [0, 0.05) is 12.3 Å². The monoisotopic (exact) mass is 253 g/mol. The van der Waals surface area contributed by atoms with Crippen molar-refractivity contribution >= 4 is 21.2 Å². The third kappa shape index (κ3) is 4.33. The third-order valence-corrected chi connectivity index (χ3v) is 3.24. The summed E-state index contributed by atoms with van der Waals surface area (Å²) in [6.07, 6.45) is 1.18. The van der Waals surface area contributed by atoms with Crippen LogP contribution < -0.4 is 11.1 Å². The minimum absolute atomic E-state index is 0.0171. The molecule has 0 heterocycles. The molecule has 0 aromatic heterocycles. The molecule has 1 rings (SSSR count). The van der Waals surface area contributed by atoms with E-state index in [4.69, 9.17) is 11.0 Å². The molecule has 0 radical (unpaired) electrons. The number of nitriles is 1. The molecular weight excluding hydrogens is 238 g/mol. The van der Waals surface area contributed by atoms with E-state index in [1.54, 1.807) is 25.1 Å². The van der Waals surface area contributed by atoms with Crippen molar-refractivity contribution in [1.82, 2.24) is 0 Å². The van der Waals surface area contributed by atoms with Gasteiger partial charge in [-0.15, -0.1) is 0 Å². The van der Waals surface area contributed by atoms with E-state index in [-0.39, 0.29) is 11.8 Å². The zero-order valence-electron chi connectivity index (χ0n) is 9.77. The molecule has 0 spiro atoms. The maximum absolute atomic E-state index is 11.1. The highest BCUT2D eigenvalue weighted by atomic mass is 32.2. The summed E-state index contributed by atoms with van der Waals surface area (Å²) in [6.45, 7) is 1.75. The van der Waals surface area contributed by atoms with Gasteiger partial charge in [0.15, 0.2) is 0 Å². The van der Waals surface area contributed by atoms with Gasteiger partial charge in [-0.25, -0.2) is 8.42 Å². The van der Waals surface area contributed by atoms with Crippen molar-refractivity contribution < 1.29 is 8.42 Å². The number of nitrogen functional groups attached to an aromatic ring is 1. The summed E-state index contributed by atoms with van der Waals surface area (Å²) >= 11 is 0. The van der Waals surface area contributed by atoms with Crippen LogP contribution in [-0.2, 0) is 9.84 Å². The molecule has 1 unspecified atom stereocenters. The van der Waals surface area contributed by atoms with Gasteiger partial charge in [-0.2, -0.15) is 5.26 Å². The van der Waals surface area contributed by atoms with Crippen molar-refractivity contribution in [2.75, 3.05) is 23.1 Å². The molecule has 1 aromatic rings. The largest absolute Gasteiger partial charge is 0.397 e. The van der Waals surface area contributed by atoms with Crippen molar-refractivity contribution in [3.63, 3.8) is 0 Å². The van der Waals surface area contributed by atoms with Gasteiger partial charge in [-0.05, 0) is 25.1 Å². The van der Waals surface area contributed by atoms with Crippen LogP contribution in [0.3, 0.4) is 0 Å². The number of benzene rings is 1. The molecular formula is C11H15N3O2S. The second-order valence-electron chi connectivity index (χ2n) is 4.05. The first-order valence-electron chi connectivity index (χ1n) is 5.05. The van der Waals surface area contributed by atoms with E-state index in [0.717, 1.165) is 0 Å². The summed E-state index contributed by atoms with van der Waals surface area (Å²) in [6, 6.07) is 6.58. The lowest BCUT2D eigenvalue weighted by molar-refractivity contribution is 0.598. The van der Waals surface area contributed by atoms with Crippen LogP contribution in [0.15, 0.2) is 18.2 Å². The fourth-order valence-electron chi connectivity index (χ4n) is 1.51. The number of sulfone groups is 1. The highest BCUT2D eigenvalue weighted by Gasteiger charge is 2.11. The number of anilines is 2. The molecule has 0 fully saturated rings. The van der Waals surface area contributed by atoms with Crippen LogP contribution in [0.5, 0.6) is 0 Å². The Balaban J connectivity index is 2.85. The van der Waals surface area contributed by atoms with Crippen LogP contribution in [0.25, 0.3) is 0 Å². The molecule has 0 aliphatic heterocycles. The van der Waals surface area contributed by atoms with Gasteiger partial charge in [0.25, 0.3) is 0 Å². The third-order valence-electron chi connectivity index (χ3n) is 2.14. The van der Waals surface area contributed by atoms with Crippen LogP contribution in [-0.4, -0.2) is 26.5 Å². The average molecular weight is 253 g/mol. The first kappa shape index (κ1) is 13.3. The van der Waals surface area contributed by atoms with E-state index in [1.807, 2.05) is 6.07 Å². The minimum Gasteiger partial charge on any atom is -0.397 e. The molecule has 0 aliphatic rings. The van der Waals surface area contributed by atoms with Gasteiger partial charge < -0.3 is 11.1 Å². The maximum atomic E-state index is 11.1. The van der Waals surface area contributed by atoms with Crippen molar-refractivity contribution in [3.05, 3.63) is 23.8 Å². The number of hydrogen-bond donors (Lipinski definition) is 2. The smallest absolute Gasteiger partial charge is 0.149 e. The van der Waals surface area contributed by atoms with Gasteiger partial charge in [0.1, 0.15) is 9.84 Å². The fraction of sp³-hybridized carbons (Fsp3) is 0.364. The standard InChI is InChI=1S/C11H15N3O2S/c1-8(7-17(2,15)16)14-11-5-9(6-12)3-4-10(11)13/h3-5,8,14H,7,13H2,1-2H3. The molecule has 1 atom stereocenters. The lowest BCUT2D eigenvalue weighted by atomic mass is 10.2. The molecule has 0 saturated heterocycles. The first-order valence-corrected chi connectivity index (χ1v) is 7.12. The summed E-state index contributed by atoms with van der Waals surface area (Å²) in [5, 5.41) is 11.7. The molecule has 17 heavy (non-hydrogen) atoms. The molecule has 0 amide bonds. The van der Waals surface area contributed by atoms with E-state index < -0.39 is 9.84 Å². The molecule has 92 valence electrons. The predicted octanol–water partition coefficient (Wildman–Crippen LogP) is 0.985. The first-order chi connectivity index (χ1) is 7.81. The lowest BCUT2D eigenvalue weighted by Gasteiger charge is -2.16. The van der Waals surface area contributed by atoms with Crippen LogP contribution in [0.1, 0.15) is 12.5 Å². The molecule has 5 nitrogen and oxygen atoms in total. The molecule has 1 aromatic carbocycles. The second-order valence-corrected chi connectivity index (χ2v) is 6.24. The summed E-state index contributed by atoms with van der Waals surface area (Å²) in [4.78, 5) is 0. The van der Waals surface area contributed by atoms with Crippen molar-refractivity contribution in [2.45, 2.75) is 13.0 Å². The Morgan fingerprint density at radius 3 is 2.71 bits per heavy atom. The zero-order valence-corrected chi connectivity index (χ0v) is 10.6. The zero-order chi connectivity index (χ0) is 13.1. The maximum Gasteiger partial charge on any atom is 0.149 e. The molecule has 3 N–H and O–H groups in total. The van der Waals surface area contributed by atoms with Crippen molar-refractivity contribution in [1.29, 1.82) is 5.26 Å². The predicted molar refractivity (Wildman–Crippen MR) is 68.4 cm³/mol. The SMILES string of the molecule is CC(CS(C)(=O)=O)Nc1cc(C#N)ccc1N. The molecule has 6 heteroatoms. The van der Waals surface area contributed by atoms with E-state index in [2.05, 4.69) is 5.32 Å². The quantitative estimate of drug-likeness (QED) is 0.780. The lowest BCUT2D eigenvalue weighted by Crippen LogP contribution is -2.25.